The molecule has 172 valence electrons. The fraction of sp³-hybridized carbons (Fsp3) is 0. The summed E-state index contributed by atoms with van der Waals surface area (Å²) in [6, 6.07) is 41.0. The van der Waals surface area contributed by atoms with Crippen LogP contribution in [0.4, 0.5) is 0 Å². The lowest BCUT2D eigenvalue weighted by Gasteiger charge is -2.11. The molecule has 0 atom stereocenters. The standard InChI is InChI=1S/C34H20N2S/c1-2-9-27-25(8-1)32-26(12-6-20-35-32)28-18-19-30(36-33(27)28)22-16-14-21(15-17-22)23-10-5-11-29-24-7-3-4-13-31(24)37-34(23)29/h1-20H. The molecule has 0 fully saturated rings. The van der Waals surface area contributed by atoms with Crippen LogP contribution in [-0.2, 0) is 0 Å². The van der Waals surface area contributed by atoms with E-state index in [1.807, 2.05) is 23.6 Å². The molecule has 0 unspecified atom stereocenters. The summed E-state index contributed by atoms with van der Waals surface area (Å²) in [5.41, 5.74) is 6.65. The molecule has 0 N–H and O–H groups in total. The molecule has 5 aromatic carbocycles. The molecular formula is C34H20N2S. The van der Waals surface area contributed by atoms with Gasteiger partial charge in [-0.15, -0.1) is 11.3 Å². The molecule has 8 rings (SSSR count). The van der Waals surface area contributed by atoms with Crippen molar-refractivity contribution in [2.45, 2.75) is 0 Å². The van der Waals surface area contributed by atoms with E-state index in [0.717, 1.165) is 43.8 Å². The van der Waals surface area contributed by atoms with Gasteiger partial charge in [-0.05, 0) is 35.4 Å². The van der Waals surface area contributed by atoms with Crippen LogP contribution in [0.5, 0.6) is 0 Å². The SMILES string of the molecule is c1ccc2c(c1)sc1c(-c3ccc(-c4ccc5c6cccnc6c6ccccc6c5n4)cc3)cccc12. The molecule has 0 aliphatic carbocycles. The molecule has 0 aliphatic heterocycles. The van der Waals surface area contributed by atoms with Gasteiger partial charge in [0.05, 0.1) is 16.7 Å². The molecule has 0 spiro atoms. The predicted octanol–water partition coefficient (Wildman–Crippen LogP) is 9.64. The summed E-state index contributed by atoms with van der Waals surface area (Å²) in [4.78, 5) is 9.87. The Morgan fingerprint density at radius 1 is 0.459 bits per heavy atom. The third kappa shape index (κ3) is 3.11. The first-order valence-electron chi connectivity index (χ1n) is 12.4. The molecule has 0 bridgehead atoms. The van der Waals surface area contributed by atoms with Gasteiger partial charge in [0, 0.05) is 53.5 Å². The third-order valence-electron chi connectivity index (χ3n) is 7.33. The molecule has 0 saturated carbocycles. The minimum atomic E-state index is 0.979. The van der Waals surface area contributed by atoms with E-state index in [-0.39, 0.29) is 0 Å². The van der Waals surface area contributed by atoms with Gasteiger partial charge in [0.1, 0.15) is 0 Å². The van der Waals surface area contributed by atoms with Crippen molar-refractivity contribution >= 4 is 64.1 Å². The summed E-state index contributed by atoms with van der Waals surface area (Å²) >= 11 is 1.87. The maximum Gasteiger partial charge on any atom is 0.0795 e. The number of benzene rings is 5. The van der Waals surface area contributed by atoms with Crippen LogP contribution in [0.3, 0.4) is 0 Å². The number of rotatable bonds is 2. The molecular weight excluding hydrogens is 468 g/mol. The van der Waals surface area contributed by atoms with Crippen LogP contribution in [0.25, 0.3) is 75.1 Å². The van der Waals surface area contributed by atoms with Crippen LogP contribution in [0.2, 0.25) is 0 Å². The topological polar surface area (TPSA) is 25.8 Å². The highest BCUT2D eigenvalue weighted by atomic mass is 32.1. The highest BCUT2D eigenvalue weighted by Crippen LogP contribution is 2.40. The monoisotopic (exact) mass is 488 g/mol. The molecule has 3 heterocycles. The first-order valence-corrected chi connectivity index (χ1v) is 13.2. The fourth-order valence-corrected chi connectivity index (χ4v) is 6.81. The van der Waals surface area contributed by atoms with Crippen molar-refractivity contribution in [3.05, 3.63) is 121 Å². The van der Waals surface area contributed by atoms with Gasteiger partial charge in [0.2, 0.25) is 0 Å². The van der Waals surface area contributed by atoms with Crippen LogP contribution in [0.15, 0.2) is 121 Å². The lowest BCUT2D eigenvalue weighted by Crippen LogP contribution is -1.90. The lowest BCUT2D eigenvalue weighted by atomic mass is 9.98. The largest absolute Gasteiger partial charge is 0.256 e. The Morgan fingerprint density at radius 3 is 1.95 bits per heavy atom. The zero-order valence-electron chi connectivity index (χ0n) is 19.8. The van der Waals surface area contributed by atoms with Crippen molar-refractivity contribution in [2.24, 2.45) is 0 Å². The van der Waals surface area contributed by atoms with Crippen LogP contribution in [0.1, 0.15) is 0 Å². The molecule has 0 saturated heterocycles. The van der Waals surface area contributed by atoms with E-state index in [1.54, 1.807) is 0 Å². The Hall–Kier alpha value is -4.60. The van der Waals surface area contributed by atoms with E-state index in [4.69, 9.17) is 4.98 Å². The van der Waals surface area contributed by atoms with E-state index in [9.17, 15) is 0 Å². The van der Waals surface area contributed by atoms with Crippen molar-refractivity contribution in [3.63, 3.8) is 0 Å². The van der Waals surface area contributed by atoms with Gasteiger partial charge >= 0.3 is 0 Å². The van der Waals surface area contributed by atoms with Crippen molar-refractivity contribution in [1.29, 1.82) is 0 Å². The Kier molecular flexibility index (Phi) is 4.42. The smallest absolute Gasteiger partial charge is 0.0795 e. The zero-order valence-corrected chi connectivity index (χ0v) is 20.7. The number of aromatic nitrogens is 2. The molecule has 0 amide bonds. The summed E-state index contributed by atoms with van der Waals surface area (Å²) in [6.07, 6.45) is 1.86. The summed E-state index contributed by atoms with van der Waals surface area (Å²) in [5.74, 6) is 0. The molecule has 3 heteroatoms. The molecule has 37 heavy (non-hydrogen) atoms. The maximum atomic E-state index is 5.18. The Labute approximate surface area is 217 Å². The number of hydrogen-bond acceptors (Lipinski definition) is 3. The van der Waals surface area contributed by atoms with E-state index in [2.05, 4.69) is 114 Å². The number of thiophene rings is 1. The van der Waals surface area contributed by atoms with E-state index < -0.39 is 0 Å². The summed E-state index contributed by atoms with van der Waals surface area (Å²) in [7, 11) is 0. The van der Waals surface area contributed by atoms with Crippen molar-refractivity contribution in [3.8, 4) is 22.4 Å². The Morgan fingerprint density at radius 2 is 1.11 bits per heavy atom. The van der Waals surface area contributed by atoms with Gasteiger partial charge in [-0.1, -0.05) is 91.0 Å². The average Bonchev–Trinajstić information content (AvgIpc) is 3.36. The van der Waals surface area contributed by atoms with Gasteiger partial charge < -0.3 is 0 Å². The minimum absolute atomic E-state index is 0.979. The number of nitrogens with zero attached hydrogens (tertiary/aromatic N) is 2. The molecule has 0 radical (unpaired) electrons. The summed E-state index contributed by atoms with van der Waals surface area (Å²) in [6.45, 7) is 0. The average molecular weight is 489 g/mol. The zero-order chi connectivity index (χ0) is 24.3. The van der Waals surface area contributed by atoms with E-state index in [1.165, 1.54) is 31.3 Å². The maximum absolute atomic E-state index is 5.18. The molecule has 2 nitrogen and oxygen atoms in total. The van der Waals surface area contributed by atoms with Crippen LogP contribution in [0, 0.1) is 0 Å². The second-order valence-corrected chi connectivity index (χ2v) is 10.4. The van der Waals surface area contributed by atoms with Gasteiger partial charge in [-0.2, -0.15) is 0 Å². The highest BCUT2D eigenvalue weighted by Gasteiger charge is 2.13. The number of fused-ring (bicyclic) bond motifs is 9. The van der Waals surface area contributed by atoms with Crippen molar-refractivity contribution in [1.82, 2.24) is 9.97 Å². The third-order valence-corrected chi connectivity index (χ3v) is 8.55. The number of pyridine rings is 2. The van der Waals surface area contributed by atoms with Crippen molar-refractivity contribution < 1.29 is 0 Å². The van der Waals surface area contributed by atoms with Gasteiger partial charge in [-0.25, -0.2) is 4.98 Å². The summed E-state index contributed by atoms with van der Waals surface area (Å²) in [5, 5.41) is 7.21. The number of hydrogen-bond donors (Lipinski definition) is 0. The quantitative estimate of drug-likeness (QED) is 0.226. The van der Waals surface area contributed by atoms with Crippen LogP contribution >= 0.6 is 11.3 Å². The van der Waals surface area contributed by atoms with Crippen LogP contribution < -0.4 is 0 Å². The van der Waals surface area contributed by atoms with E-state index in [0.29, 0.717) is 0 Å². The van der Waals surface area contributed by atoms with Crippen LogP contribution in [-0.4, -0.2) is 9.97 Å². The Balaban J connectivity index is 1.28. The van der Waals surface area contributed by atoms with Crippen molar-refractivity contribution in [2.75, 3.05) is 0 Å². The Bertz CT molecular complexity index is 2100. The normalized spacial score (nSPS) is 11.8. The fourth-order valence-electron chi connectivity index (χ4n) is 5.57. The molecule has 3 aromatic heterocycles. The van der Waals surface area contributed by atoms with E-state index >= 15 is 0 Å². The molecule has 0 aliphatic rings. The molecule has 8 aromatic rings. The predicted molar refractivity (Wildman–Crippen MR) is 158 cm³/mol. The first-order chi connectivity index (χ1) is 18.3. The second kappa shape index (κ2) is 7.95. The van der Waals surface area contributed by atoms with Gasteiger partial charge in [0.15, 0.2) is 0 Å². The van der Waals surface area contributed by atoms with Gasteiger partial charge in [-0.3, -0.25) is 4.98 Å². The minimum Gasteiger partial charge on any atom is -0.256 e. The highest BCUT2D eigenvalue weighted by molar-refractivity contribution is 7.26. The lowest BCUT2D eigenvalue weighted by molar-refractivity contribution is 1.40. The first kappa shape index (κ1) is 20.6. The van der Waals surface area contributed by atoms with Gasteiger partial charge in [0.25, 0.3) is 0 Å². The second-order valence-electron chi connectivity index (χ2n) is 9.40. The summed E-state index contributed by atoms with van der Waals surface area (Å²) < 4.78 is 2.67.